The van der Waals surface area contributed by atoms with Crippen LogP contribution in [0.5, 0.6) is 17.2 Å². The predicted octanol–water partition coefficient (Wildman–Crippen LogP) is 2.77. The lowest BCUT2D eigenvalue weighted by molar-refractivity contribution is -0.123. The fourth-order valence-corrected chi connectivity index (χ4v) is 2.91. The van der Waals surface area contributed by atoms with E-state index in [1.807, 2.05) is 38.1 Å². The molecule has 0 saturated carbocycles. The zero-order valence-electron chi connectivity index (χ0n) is 16.7. The molecular weight excluding hydrogens is 404 g/mol. The van der Waals surface area contributed by atoms with Gasteiger partial charge in [0.15, 0.2) is 16.6 Å². The Balaban J connectivity index is 1.66. The Labute approximate surface area is 180 Å². The summed E-state index contributed by atoms with van der Waals surface area (Å²) in [6.07, 6.45) is 1.47. The molecule has 1 heterocycles. The van der Waals surface area contributed by atoms with Gasteiger partial charge >= 0.3 is 0 Å². The van der Waals surface area contributed by atoms with Crippen LogP contribution in [0.4, 0.5) is 0 Å². The van der Waals surface area contributed by atoms with E-state index in [-0.39, 0.29) is 10.7 Å². The third-order valence-corrected chi connectivity index (χ3v) is 4.36. The van der Waals surface area contributed by atoms with Gasteiger partial charge in [0.1, 0.15) is 24.5 Å². The SMILES string of the molecule is CCOc1cc(C=C2C(=O)NC(=S)NC2=O)ccc1OCCOc1ccc(C)cc1. The second-order valence-electron chi connectivity index (χ2n) is 6.44. The van der Waals surface area contributed by atoms with Crippen molar-refractivity contribution in [3.63, 3.8) is 0 Å². The van der Waals surface area contributed by atoms with Crippen LogP contribution in [0.2, 0.25) is 0 Å². The van der Waals surface area contributed by atoms with E-state index in [4.69, 9.17) is 26.4 Å². The lowest BCUT2D eigenvalue weighted by Gasteiger charge is -2.17. The molecule has 1 saturated heterocycles. The smallest absolute Gasteiger partial charge is 0.263 e. The molecule has 7 nitrogen and oxygen atoms in total. The Hall–Kier alpha value is -3.39. The van der Waals surface area contributed by atoms with E-state index in [2.05, 4.69) is 10.6 Å². The molecule has 0 spiro atoms. The van der Waals surface area contributed by atoms with E-state index in [0.29, 0.717) is 36.9 Å². The maximum absolute atomic E-state index is 12.0. The molecular formula is C22H22N2O5S. The highest BCUT2D eigenvalue weighted by Gasteiger charge is 2.25. The molecule has 2 aromatic carbocycles. The Kier molecular flexibility index (Phi) is 7.03. The number of amides is 2. The van der Waals surface area contributed by atoms with E-state index in [1.165, 1.54) is 11.6 Å². The van der Waals surface area contributed by atoms with Crippen molar-refractivity contribution in [2.24, 2.45) is 0 Å². The molecule has 8 heteroatoms. The number of hydrogen-bond donors (Lipinski definition) is 2. The standard InChI is InChI=1S/C22H22N2O5S/c1-3-27-19-13-15(12-17-20(25)23-22(30)24-21(17)26)6-9-18(19)29-11-10-28-16-7-4-14(2)5-8-16/h4-9,12-13H,3,10-11H2,1-2H3,(H2,23,24,25,26,30). The zero-order valence-corrected chi connectivity index (χ0v) is 17.5. The molecule has 0 aromatic heterocycles. The second kappa shape index (κ2) is 9.89. The number of nitrogens with one attached hydrogen (secondary N) is 2. The summed E-state index contributed by atoms with van der Waals surface area (Å²) < 4.78 is 17.1. The number of hydrogen-bond acceptors (Lipinski definition) is 6. The van der Waals surface area contributed by atoms with Crippen molar-refractivity contribution in [3.8, 4) is 17.2 Å². The predicted molar refractivity (Wildman–Crippen MR) is 117 cm³/mol. The summed E-state index contributed by atoms with van der Waals surface area (Å²) in [4.78, 5) is 24.0. The second-order valence-corrected chi connectivity index (χ2v) is 6.85. The van der Waals surface area contributed by atoms with Gasteiger partial charge in [-0.05, 0) is 62.0 Å². The minimum atomic E-state index is -0.546. The molecule has 0 unspecified atom stereocenters. The van der Waals surface area contributed by atoms with Gasteiger partial charge in [0.2, 0.25) is 0 Å². The van der Waals surface area contributed by atoms with Crippen molar-refractivity contribution in [1.29, 1.82) is 0 Å². The largest absolute Gasteiger partial charge is 0.490 e. The van der Waals surface area contributed by atoms with E-state index in [0.717, 1.165) is 5.75 Å². The number of rotatable bonds is 8. The maximum atomic E-state index is 12.0. The molecule has 30 heavy (non-hydrogen) atoms. The summed E-state index contributed by atoms with van der Waals surface area (Å²) in [6.45, 7) is 5.02. The van der Waals surface area contributed by atoms with Crippen molar-refractivity contribution in [1.82, 2.24) is 10.6 Å². The number of ether oxygens (including phenoxy) is 3. The van der Waals surface area contributed by atoms with Gasteiger partial charge in [-0.2, -0.15) is 0 Å². The average molecular weight is 426 g/mol. The van der Waals surface area contributed by atoms with Gasteiger partial charge in [0.05, 0.1) is 6.61 Å². The van der Waals surface area contributed by atoms with Crippen molar-refractivity contribution in [2.45, 2.75) is 13.8 Å². The summed E-state index contributed by atoms with van der Waals surface area (Å²) in [6, 6.07) is 13.0. The fourth-order valence-electron chi connectivity index (χ4n) is 2.72. The van der Waals surface area contributed by atoms with Gasteiger partial charge in [-0.3, -0.25) is 20.2 Å². The summed E-state index contributed by atoms with van der Waals surface area (Å²) >= 11 is 4.80. The highest BCUT2D eigenvalue weighted by molar-refractivity contribution is 7.80. The molecule has 1 aliphatic rings. The highest BCUT2D eigenvalue weighted by atomic mass is 32.1. The molecule has 0 radical (unpaired) electrons. The fraction of sp³-hybridized carbons (Fsp3) is 0.227. The van der Waals surface area contributed by atoms with Crippen LogP contribution in [-0.4, -0.2) is 36.7 Å². The molecule has 1 aliphatic heterocycles. The number of benzene rings is 2. The van der Waals surface area contributed by atoms with Gasteiger partial charge in [-0.1, -0.05) is 23.8 Å². The van der Waals surface area contributed by atoms with E-state index in [1.54, 1.807) is 18.2 Å². The van der Waals surface area contributed by atoms with E-state index in [9.17, 15) is 9.59 Å². The molecule has 0 atom stereocenters. The molecule has 1 fully saturated rings. The minimum absolute atomic E-state index is 0.00578. The zero-order chi connectivity index (χ0) is 21.5. The van der Waals surface area contributed by atoms with Crippen LogP contribution in [-0.2, 0) is 9.59 Å². The van der Waals surface area contributed by atoms with Crippen LogP contribution in [0.25, 0.3) is 6.08 Å². The molecule has 3 rings (SSSR count). The minimum Gasteiger partial charge on any atom is -0.490 e. The first-order valence-electron chi connectivity index (χ1n) is 9.43. The summed E-state index contributed by atoms with van der Waals surface area (Å²) in [7, 11) is 0. The van der Waals surface area contributed by atoms with Crippen LogP contribution in [0.3, 0.4) is 0 Å². The van der Waals surface area contributed by atoms with Crippen LogP contribution >= 0.6 is 12.2 Å². The number of thiocarbonyl (C=S) groups is 1. The van der Waals surface area contributed by atoms with Crippen LogP contribution in [0.15, 0.2) is 48.0 Å². The Morgan fingerprint density at radius 2 is 1.57 bits per heavy atom. The third-order valence-electron chi connectivity index (χ3n) is 4.15. The molecule has 156 valence electrons. The maximum Gasteiger partial charge on any atom is 0.263 e. The first-order valence-corrected chi connectivity index (χ1v) is 9.84. The Morgan fingerprint density at radius 3 is 2.23 bits per heavy atom. The Morgan fingerprint density at radius 1 is 0.900 bits per heavy atom. The van der Waals surface area contributed by atoms with Crippen molar-refractivity contribution in [2.75, 3.05) is 19.8 Å². The molecule has 0 aliphatic carbocycles. The molecule has 2 aromatic rings. The molecule has 0 bridgehead atoms. The van der Waals surface area contributed by atoms with Crippen molar-refractivity contribution in [3.05, 3.63) is 59.2 Å². The van der Waals surface area contributed by atoms with Crippen molar-refractivity contribution < 1.29 is 23.8 Å². The normalized spacial score (nSPS) is 13.4. The summed E-state index contributed by atoms with van der Waals surface area (Å²) in [5, 5.41) is 4.80. The average Bonchev–Trinajstić information content (AvgIpc) is 2.71. The van der Waals surface area contributed by atoms with Crippen LogP contribution in [0.1, 0.15) is 18.1 Å². The van der Waals surface area contributed by atoms with Crippen molar-refractivity contribution >= 4 is 35.2 Å². The lowest BCUT2D eigenvalue weighted by Crippen LogP contribution is -2.51. The number of carbonyl (C=O) groups is 2. The monoisotopic (exact) mass is 426 g/mol. The Bertz CT molecular complexity index is 964. The molecule has 2 amide bonds. The summed E-state index contributed by atoms with van der Waals surface area (Å²) in [5.74, 6) is 0.741. The molecule has 2 N–H and O–H groups in total. The lowest BCUT2D eigenvalue weighted by atomic mass is 10.1. The van der Waals surface area contributed by atoms with Gasteiger partial charge < -0.3 is 14.2 Å². The van der Waals surface area contributed by atoms with Crippen LogP contribution < -0.4 is 24.8 Å². The van der Waals surface area contributed by atoms with Crippen LogP contribution in [0, 0.1) is 6.92 Å². The van der Waals surface area contributed by atoms with E-state index < -0.39 is 11.8 Å². The van der Waals surface area contributed by atoms with Gasteiger partial charge in [-0.25, -0.2) is 0 Å². The first-order chi connectivity index (χ1) is 14.5. The third kappa shape index (κ3) is 5.57. The number of carbonyl (C=O) groups excluding carboxylic acids is 2. The quantitative estimate of drug-likeness (QED) is 0.292. The van der Waals surface area contributed by atoms with Gasteiger partial charge in [0, 0.05) is 0 Å². The summed E-state index contributed by atoms with van der Waals surface area (Å²) in [5.41, 5.74) is 1.75. The van der Waals surface area contributed by atoms with Gasteiger partial charge in [-0.15, -0.1) is 0 Å². The van der Waals surface area contributed by atoms with Gasteiger partial charge in [0.25, 0.3) is 11.8 Å². The topological polar surface area (TPSA) is 85.9 Å². The first kappa shape index (κ1) is 21.3. The number of aryl methyl sites for hydroxylation is 1. The van der Waals surface area contributed by atoms with E-state index >= 15 is 0 Å². The highest BCUT2D eigenvalue weighted by Crippen LogP contribution is 2.29.